The highest BCUT2D eigenvalue weighted by molar-refractivity contribution is 6.05. The van der Waals surface area contributed by atoms with Crippen LogP contribution in [0.2, 0.25) is 0 Å². The molecule has 0 unspecified atom stereocenters. The molecule has 0 radical (unpaired) electrons. The topological polar surface area (TPSA) is 106 Å². The number of nitrogen functional groups attached to an aromatic ring is 1. The molecule has 0 aliphatic carbocycles. The third-order valence-electron chi connectivity index (χ3n) is 4.70. The molecule has 1 saturated heterocycles. The van der Waals surface area contributed by atoms with Crippen molar-refractivity contribution in [1.29, 1.82) is 0 Å². The number of carbonyl (C=O) groups excluding carboxylic acids is 2. The molecule has 2 aromatic rings. The minimum absolute atomic E-state index is 0.165. The SMILES string of the molecule is COCCNC(=O)O[C@H]1CCN(c2ccc(C(=O)Nc3ccccc3N)cc2)C1. The first-order valence-electron chi connectivity index (χ1n) is 9.51. The van der Waals surface area contributed by atoms with Crippen LogP contribution in [0.4, 0.5) is 21.9 Å². The summed E-state index contributed by atoms with van der Waals surface area (Å²) in [4.78, 5) is 26.3. The predicted octanol–water partition coefficient (Wildman–Crippen LogP) is 2.47. The zero-order valence-corrected chi connectivity index (χ0v) is 16.4. The van der Waals surface area contributed by atoms with E-state index >= 15 is 0 Å². The van der Waals surface area contributed by atoms with Gasteiger partial charge in [-0.05, 0) is 36.4 Å². The molecule has 0 saturated carbocycles. The summed E-state index contributed by atoms with van der Waals surface area (Å²) in [5.41, 5.74) is 8.50. The van der Waals surface area contributed by atoms with Crippen LogP contribution >= 0.6 is 0 Å². The summed E-state index contributed by atoms with van der Waals surface area (Å²) in [5, 5.41) is 5.47. The Hall–Kier alpha value is -3.26. The molecule has 154 valence electrons. The summed E-state index contributed by atoms with van der Waals surface area (Å²) in [6.07, 6.45) is 0.162. The molecule has 0 spiro atoms. The van der Waals surface area contributed by atoms with Gasteiger partial charge >= 0.3 is 6.09 Å². The Morgan fingerprint density at radius 3 is 2.66 bits per heavy atom. The molecule has 0 bridgehead atoms. The lowest BCUT2D eigenvalue weighted by Gasteiger charge is -2.19. The van der Waals surface area contributed by atoms with Gasteiger partial charge in [-0.25, -0.2) is 4.79 Å². The fraction of sp³-hybridized carbons (Fsp3) is 0.333. The summed E-state index contributed by atoms with van der Waals surface area (Å²) >= 11 is 0. The van der Waals surface area contributed by atoms with Crippen molar-refractivity contribution in [3.63, 3.8) is 0 Å². The summed E-state index contributed by atoms with van der Waals surface area (Å²) < 4.78 is 10.3. The van der Waals surface area contributed by atoms with Gasteiger partial charge in [-0.15, -0.1) is 0 Å². The molecule has 1 fully saturated rings. The lowest BCUT2D eigenvalue weighted by molar-refractivity contribution is 0.102. The molecular formula is C21H26N4O4. The van der Waals surface area contributed by atoms with Gasteiger partial charge in [0.2, 0.25) is 0 Å². The van der Waals surface area contributed by atoms with E-state index in [1.54, 1.807) is 31.4 Å². The summed E-state index contributed by atoms with van der Waals surface area (Å²) in [6.45, 7) is 2.26. The number of para-hydroxylation sites is 2. The van der Waals surface area contributed by atoms with Gasteiger partial charge < -0.3 is 30.7 Å². The average Bonchev–Trinajstić information content (AvgIpc) is 3.18. The second-order valence-electron chi connectivity index (χ2n) is 6.77. The van der Waals surface area contributed by atoms with Gasteiger partial charge in [0.15, 0.2) is 0 Å². The maximum absolute atomic E-state index is 12.4. The maximum Gasteiger partial charge on any atom is 0.407 e. The van der Waals surface area contributed by atoms with Crippen molar-refractivity contribution >= 4 is 29.1 Å². The van der Waals surface area contributed by atoms with Gasteiger partial charge in [-0.1, -0.05) is 12.1 Å². The van der Waals surface area contributed by atoms with E-state index < -0.39 is 6.09 Å². The molecule has 2 aromatic carbocycles. The fourth-order valence-corrected chi connectivity index (χ4v) is 3.14. The van der Waals surface area contributed by atoms with Crippen LogP contribution in [0.15, 0.2) is 48.5 Å². The van der Waals surface area contributed by atoms with Gasteiger partial charge in [-0.2, -0.15) is 0 Å². The van der Waals surface area contributed by atoms with E-state index in [9.17, 15) is 9.59 Å². The van der Waals surface area contributed by atoms with Crippen LogP contribution in [0.1, 0.15) is 16.8 Å². The number of methoxy groups -OCH3 is 1. The zero-order chi connectivity index (χ0) is 20.6. The number of ether oxygens (including phenoxy) is 2. The highest BCUT2D eigenvalue weighted by Gasteiger charge is 2.26. The van der Waals surface area contributed by atoms with Crippen molar-refractivity contribution in [3.05, 3.63) is 54.1 Å². The van der Waals surface area contributed by atoms with Gasteiger partial charge in [0.05, 0.1) is 24.5 Å². The molecule has 8 nitrogen and oxygen atoms in total. The Morgan fingerprint density at radius 2 is 1.93 bits per heavy atom. The molecule has 2 amide bonds. The van der Waals surface area contributed by atoms with Crippen LogP contribution < -0.4 is 21.3 Å². The van der Waals surface area contributed by atoms with E-state index in [1.807, 2.05) is 24.3 Å². The molecule has 8 heteroatoms. The van der Waals surface area contributed by atoms with E-state index in [0.717, 1.165) is 18.7 Å². The van der Waals surface area contributed by atoms with Crippen LogP contribution in [0, 0.1) is 0 Å². The number of amides is 2. The van der Waals surface area contributed by atoms with Gasteiger partial charge in [0, 0.05) is 37.9 Å². The second kappa shape index (κ2) is 9.79. The highest BCUT2D eigenvalue weighted by atomic mass is 16.6. The van der Waals surface area contributed by atoms with Crippen LogP contribution in [0.5, 0.6) is 0 Å². The van der Waals surface area contributed by atoms with E-state index in [-0.39, 0.29) is 12.0 Å². The maximum atomic E-state index is 12.4. The van der Waals surface area contributed by atoms with Gasteiger partial charge in [0.1, 0.15) is 6.10 Å². The number of anilines is 3. The Morgan fingerprint density at radius 1 is 1.17 bits per heavy atom. The molecular weight excluding hydrogens is 372 g/mol. The highest BCUT2D eigenvalue weighted by Crippen LogP contribution is 2.23. The Balaban J connectivity index is 1.52. The van der Waals surface area contributed by atoms with Crippen LogP contribution in [0.25, 0.3) is 0 Å². The number of benzene rings is 2. The van der Waals surface area contributed by atoms with Crippen molar-refractivity contribution in [2.45, 2.75) is 12.5 Å². The number of hydrogen-bond donors (Lipinski definition) is 3. The first kappa shape index (κ1) is 20.5. The average molecular weight is 398 g/mol. The molecule has 1 aliphatic heterocycles. The van der Waals surface area contributed by atoms with E-state index in [2.05, 4.69) is 15.5 Å². The first-order chi connectivity index (χ1) is 14.1. The van der Waals surface area contributed by atoms with E-state index in [0.29, 0.717) is 36.6 Å². The molecule has 29 heavy (non-hydrogen) atoms. The van der Waals surface area contributed by atoms with Crippen molar-refractivity contribution in [2.24, 2.45) is 0 Å². The van der Waals surface area contributed by atoms with Gasteiger partial charge in [0.25, 0.3) is 5.91 Å². The summed E-state index contributed by atoms with van der Waals surface area (Å²) in [5.74, 6) is -0.218. The fourth-order valence-electron chi connectivity index (χ4n) is 3.14. The Labute approximate surface area is 170 Å². The van der Waals surface area contributed by atoms with Crippen LogP contribution in [0.3, 0.4) is 0 Å². The molecule has 1 atom stereocenters. The smallest absolute Gasteiger partial charge is 0.407 e. The number of nitrogens with zero attached hydrogens (tertiary/aromatic N) is 1. The number of carbonyl (C=O) groups is 2. The number of alkyl carbamates (subject to hydrolysis) is 1. The Bertz CT molecular complexity index is 841. The quantitative estimate of drug-likeness (QED) is 0.489. The number of nitrogens with two attached hydrogens (primary N) is 1. The number of rotatable bonds is 7. The molecule has 4 N–H and O–H groups in total. The molecule has 1 aliphatic rings. The largest absolute Gasteiger partial charge is 0.444 e. The van der Waals surface area contributed by atoms with Crippen molar-refractivity contribution < 1.29 is 19.1 Å². The molecule has 0 aromatic heterocycles. The third-order valence-corrected chi connectivity index (χ3v) is 4.70. The number of nitrogens with one attached hydrogen (secondary N) is 2. The molecule has 3 rings (SSSR count). The zero-order valence-electron chi connectivity index (χ0n) is 16.4. The van der Waals surface area contributed by atoms with Crippen LogP contribution in [-0.2, 0) is 9.47 Å². The van der Waals surface area contributed by atoms with Crippen molar-refractivity contribution in [3.8, 4) is 0 Å². The lowest BCUT2D eigenvalue weighted by Crippen LogP contribution is -2.32. The molecule has 1 heterocycles. The van der Waals surface area contributed by atoms with Crippen LogP contribution in [-0.4, -0.2) is 51.5 Å². The monoisotopic (exact) mass is 398 g/mol. The number of hydrogen-bond acceptors (Lipinski definition) is 6. The van der Waals surface area contributed by atoms with Gasteiger partial charge in [-0.3, -0.25) is 4.79 Å². The van der Waals surface area contributed by atoms with Crippen molar-refractivity contribution in [2.75, 3.05) is 49.3 Å². The normalized spacial score (nSPS) is 15.8. The predicted molar refractivity (Wildman–Crippen MR) is 112 cm³/mol. The van der Waals surface area contributed by atoms with E-state index in [1.165, 1.54) is 0 Å². The first-order valence-corrected chi connectivity index (χ1v) is 9.51. The Kier molecular flexibility index (Phi) is 6.91. The minimum atomic E-state index is -0.430. The summed E-state index contributed by atoms with van der Waals surface area (Å²) in [6, 6.07) is 14.5. The second-order valence-corrected chi connectivity index (χ2v) is 6.77. The van der Waals surface area contributed by atoms with E-state index in [4.69, 9.17) is 15.2 Å². The standard InChI is InChI=1S/C21H26N4O4/c1-28-13-11-23-21(27)29-17-10-12-25(14-17)16-8-6-15(7-9-16)20(26)24-19-5-3-2-4-18(19)22/h2-9,17H,10-14,22H2,1H3,(H,23,27)(H,24,26)/t17-/m0/s1. The van der Waals surface area contributed by atoms with Crippen molar-refractivity contribution in [1.82, 2.24) is 5.32 Å². The summed E-state index contributed by atoms with van der Waals surface area (Å²) in [7, 11) is 1.58. The lowest BCUT2D eigenvalue weighted by atomic mass is 10.1. The third kappa shape index (κ3) is 5.61. The minimum Gasteiger partial charge on any atom is -0.444 e.